The SMILES string of the molecule is CCOC(=O)c1cc2cc(Br)c(Br)cc2nc1C. The standard InChI is InChI=1S/C13H11Br2NO2/c1-3-18-13(17)9-4-8-5-10(14)11(15)6-12(8)16-7(9)2/h4-6H,3H2,1-2H3. The van der Waals surface area contributed by atoms with Gasteiger partial charge in [-0.05, 0) is 63.9 Å². The molecular formula is C13H11Br2NO2. The minimum absolute atomic E-state index is 0.330. The third kappa shape index (κ3) is 2.57. The Kier molecular flexibility index (Phi) is 4.02. The number of hydrogen-bond donors (Lipinski definition) is 0. The van der Waals surface area contributed by atoms with Gasteiger partial charge in [0.05, 0.1) is 23.4 Å². The van der Waals surface area contributed by atoms with Crippen LogP contribution < -0.4 is 0 Å². The Balaban J connectivity index is 2.61. The zero-order chi connectivity index (χ0) is 13.3. The number of aromatic nitrogens is 1. The van der Waals surface area contributed by atoms with Gasteiger partial charge in [-0.3, -0.25) is 4.98 Å². The monoisotopic (exact) mass is 371 g/mol. The van der Waals surface area contributed by atoms with E-state index >= 15 is 0 Å². The summed E-state index contributed by atoms with van der Waals surface area (Å²) >= 11 is 6.87. The number of benzene rings is 1. The molecule has 0 aliphatic carbocycles. The van der Waals surface area contributed by atoms with Crippen LogP contribution in [0.25, 0.3) is 10.9 Å². The van der Waals surface area contributed by atoms with E-state index in [9.17, 15) is 4.79 Å². The fourth-order valence-corrected chi connectivity index (χ4v) is 2.37. The zero-order valence-electron chi connectivity index (χ0n) is 9.96. The molecule has 0 amide bonds. The van der Waals surface area contributed by atoms with Crippen LogP contribution in [0.1, 0.15) is 23.0 Å². The average Bonchev–Trinajstić information content (AvgIpc) is 2.31. The van der Waals surface area contributed by atoms with Crippen molar-refractivity contribution in [3.05, 3.63) is 38.4 Å². The van der Waals surface area contributed by atoms with E-state index in [0.717, 1.165) is 19.8 Å². The smallest absolute Gasteiger partial charge is 0.339 e. The largest absolute Gasteiger partial charge is 0.462 e. The van der Waals surface area contributed by atoms with E-state index in [4.69, 9.17) is 4.74 Å². The summed E-state index contributed by atoms with van der Waals surface area (Å²) < 4.78 is 6.87. The number of rotatable bonds is 2. The van der Waals surface area contributed by atoms with Gasteiger partial charge >= 0.3 is 5.97 Å². The molecule has 0 aliphatic heterocycles. The number of fused-ring (bicyclic) bond motifs is 1. The average molecular weight is 373 g/mol. The molecule has 2 rings (SSSR count). The van der Waals surface area contributed by atoms with Gasteiger partial charge in [0.2, 0.25) is 0 Å². The maximum atomic E-state index is 11.8. The van der Waals surface area contributed by atoms with E-state index in [-0.39, 0.29) is 5.97 Å². The molecule has 0 aliphatic rings. The van der Waals surface area contributed by atoms with Crippen molar-refractivity contribution in [2.75, 3.05) is 6.61 Å². The maximum absolute atomic E-state index is 11.8. The molecule has 18 heavy (non-hydrogen) atoms. The molecule has 2 aromatic rings. The van der Waals surface area contributed by atoms with Gasteiger partial charge in [-0.2, -0.15) is 0 Å². The predicted molar refractivity (Wildman–Crippen MR) is 77.8 cm³/mol. The lowest BCUT2D eigenvalue weighted by molar-refractivity contribution is 0.0525. The van der Waals surface area contributed by atoms with Crippen molar-refractivity contribution in [3.63, 3.8) is 0 Å². The van der Waals surface area contributed by atoms with Gasteiger partial charge in [0.25, 0.3) is 0 Å². The molecule has 0 unspecified atom stereocenters. The summed E-state index contributed by atoms with van der Waals surface area (Å²) in [4.78, 5) is 16.2. The molecule has 5 heteroatoms. The fourth-order valence-electron chi connectivity index (χ4n) is 1.68. The Morgan fingerprint density at radius 1 is 1.28 bits per heavy atom. The van der Waals surface area contributed by atoms with Crippen LogP contribution in [-0.2, 0) is 4.74 Å². The van der Waals surface area contributed by atoms with E-state index in [1.165, 1.54) is 0 Å². The number of carbonyl (C=O) groups is 1. The highest BCUT2D eigenvalue weighted by atomic mass is 79.9. The van der Waals surface area contributed by atoms with E-state index in [0.29, 0.717) is 17.9 Å². The summed E-state index contributed by atoms with van der Waals surface area (Å²) in [6.07, 6.45) is 0. The van der Waals surface area contributed by atoms with Crippen LogP contribution in [-0.4, -0.2) is 17.6 Å². The van der Waals surface area contributed by atoms with E-state index in [1.807, 2.05) is 25.1 Å². The van der Waals surface area contributed by atoms with Gasteiger partial charge in [-0.1, -0.05) is 0 Å². The van der Waals surface area contributed by atoms with E-state index < -0.39 is 0 Å². The molecule has 0 atom stereocenters. The van der Waals surface area contributed by atoms with Crippen molar-refractivity contribution in [2.45, 2.75) is 13.8 Å². The molecule has 0 saturated heterocycles. The van der Waals surface area contributed by atoms with Gasteiger partial charge in [0, 0.05) is 14.3 Å². The number of ether oxygens (including phenoxy) is 1. The minimum atomic E-state index is -0.330. The summed E-state index contributed by atoms with van der Waals surface area (Å²) in [5.41, 5.74) is 2.03. The van der Waals surface area contributed by atoms with Gasteiger partial charge in [-0.15, -0.1) is 0 Å². The van der Waals surface area contributed by atoms with Crippen molar-refractivity contribution >= 4 is 48.7 Å². The minimum Gasteiger partial charge on any atom is -0.462 e. The number of esters is 1. The van der Waals surface area contributed by atoms with Gasteiger partial charge in [0.1, 0.15) is 0 Å². The first-order valence-electron chi connectivity index (χ1n) is 5.46. The first kappa shape index (κ1) is 13.5. The van der Waals surface area contributed by atoms with Crippen LogP contribution >= 0.6 is 31.9 Å². The number of carbonyl (C=O) groups excluding carboxylic acids is 1. The molecule has 1 aromatic carbocycles. The molecule has 0 spiro atoms. The van der Waals surface area contributed by atoms with E-state index in [1.54, 1.807) is 6.92 Å². The predicted octanol–water partition coefficient (Wildman–Crippen LogP) is 4.24. The Hall–Kier alpha value is -0.940. The summed E-state index contributed by atoms with van der Waals surface area (Å²) in [7, 11) is 0. The van der Waals surface area contributed by atoms with Crippen LogP contribution in [0.5, 0.6) is 0 Å². The first-order chi connectivity index (χ1) is 8.52. The number of hydrogen-bond acceptors (Lipinski definition) is 3. The lowest BCUT2D eigenvalue weighted by Gasteiger charge is -2.08. The van der Waals surface area contributed by atoms with E-state index in [2.05, 4.69) is 36.8 Å². The highest BCUT2D eigenvalue weighted by Gasteiger charge is 2.13. The first-order valence-corrected chi connectivity index (χ1v) is 7.05. The van der Waals surface area contributed by atoms with Crippen LogP contribution in [0.3, 0.4) is 0 Å². The third-order valence-electron chi connectivity index (χ3n) is 2.54. The number of halogens is 2. The van der Waals surface area contributed by atoms with Crippen LogP contribution in [0.15, 0.2) is 27.1 Å². The molecule has 1 heterocycles. The summed E-state index contributed by atoms with van der Waals surface area (Å²) in [6.45, 7) is 3.96. The van der Waals surface area contributed by atoms with Gasteiger partial charge in [-0.25, -0.2) is 4.79 Å². The fraction of sp³-hybridized carbons (Fsp3) is 0.231. The molecule has 0 saturated carbocycles. The van der Waals surface area contributed by atoms with Crippen molar-refractivity contribution < 1.29 is 9.53 Å². The molecule has 3 nitrogen and oxygen atoms in total. The van der Waals surface area contributed by atoms with Crippen molar-refractivity contribution in [3.8, 4) is 0 Å². The molecular weight excluding hydrogens is 362 g/mol. The summed E-state index contributed by atoms with van der Waals surface area (Å²) in [5.74, 6) is -0.330. The molecule has 0 radical (unpaired) electrons. The second-order valence-corrected chi connectivity index (χ2v) is 5.51. The van der Waals surface area contributed by atoms with Crippen LogP contribution in [0.2, 0.25) is 0 Å². The molecule has 0 fully saturated rings. The Morgan fingerprint density at radius 3 is 2.61 bits per heavy atom. The van der Waals surface area contributed by atoms with Crippen molar-refractivity contribution in [1.29, 1.82) is 0 Å². The zero-order valence-corrected chi connectivity index (χ0v) is 13.1. The second-order valence-electron chi connectivity index (χ2n) is 3.80. The number of nitrogens with zero attached hydrogens (tertiary/aromatic N) is 1. The molecule has 94 valence electrons. The van der Waals surface area contributed by atoms with Gasteiger partial charge in [0.15, 0.2) is 0 Å². The topological polar surface area (TPSA) is 39.2 Å². The quantitative estimate of drug-likeness (QED) is 0.740. The summed E-state index contributed by atoms with van der Waals surface area (Å²) in [6, 6.07) is 5.66. The van der Waals surface area contributed by atoms with Crippen molar-refractivity contribution in [1.82, 2.24) is 4.98 Å². The molecule has 0 N–H and O–H groups in total. The Labute approximate surface area is 122 Å². The number of aryl methyl sites for hydroxylation is 1. The molecule has 1 aromatic heterocycles. The summed E-state index contributed by atoms with van der Waals surface area (Å²) in [5, 5.41) is 0.902. The lowest BCUT2D eigenvalue weighted by atomic mass is 10.1. The third-order valence-corrected chi connectivity index (χ3v) is 4.39. The van der Waals surface area contributed by atoms with Crippen LogP contribution in [0, 0.1) is 6.92 Å². The normalized spacial score (nSPS) is 10.7. The van der Waals surface area contributed by atoms with Gasteiger partial charge < -0.3 is 4.74 Å². The van der Waals surface area contributed by atoms with Crippen molar-refractivity contribution in [2.24, 2.45) is 0 Å². The number of pyridine rings is 1. The highest BCUT2D eigenvalue weighted by molar-refractivity contribution is 9.13. The van der Waals surface area contributed by atoms with Crippen LogP contribution in [0.4, 0.5) is 0 Å². The Bertz CT molecular complexity index is 626. The second kappa shape index (κ2) is 5.36. The lowest BCUT2D eigenvalue weighted by Crippen LogP contribution is -2.08. The maximum Gasteiger partial charge on any atom is 0.339 e. The highest BCUT2D eigenvalue weighted by Crippen LogP contribution is 2.28. The molecule has 0 bridgehead atoms. The Morgan fingerprint density at radius 2 is 1.94 bits per heavy atom.